The maximum Gasteiger partial charge on any atom is 0.143 e. The number of para-hydroxylation sites is 1. The van der Waals surface area contributed by atoms with Gasteiger partial charge < -0.3 is 9.32 Å². The maximum absolute atomic E-state index is 6.74. The van der Waals surface area contributed by atoms with Gasteiger partial charge in [0, 0.05) is 42.2 Å². The quantitative estimate of drug-likeness (QED) is 0.163. The minimum absolute atomic E-state index is 0.868. The van der Waals surface area contributed by atoms with Gasteiger partial charge >= 0.3 is 0 Å². The van der Waals surface area contributed by atoms with Crippen molar-refractivity contribution in [1.29, 1.82) is 0 Å². The molecule has 2 nitrogen and oxygen atoms in total. The summed E-state index contributed by atoms with van der Waals surface area (Å²) in [5.74, 6) is 0. The minimum atomic E-state index is 0.868. The molecule has 266 valence electrons. The summed E-state index contributed by atoms with van der Waals surface area (Å²) in [7, 11) is 0. The second-order valence-electron chi connectivity index (χ2n) is 14.8. The fraction of sp³-hybridized carbons (Fsp3) is 0. The van der Waals surface area contributed by atoms with E-state index in [1.807, 2.05) is 11.3 Å². The molecule has 12 aromatic rings. The second-order valence-corrected chi connectivity index (χ2v) is 15.9. The van der Waals surface area contributed by atoms with Gasteiger partial charge in [0.1, 0.15) is 11.2 Å². The number of anilines is 3. The van der Waals surface area contributed by atoms with Gasteiger partial charge in [-0.3, -0.25) is 0 Å². The Morgan fingerprint density at radius 3 is 1.89 bits per heavy atom. The summed E-state index contributed by atoms with van der Waals surface area (Å²) in [6.07, 6.45) is 0. The average Bonchev–Trinajstić information content (AvgIpc) is 3.86. The highest BCUT2D eigenvalue weighted by Crippen LogP contribution is 2.48. The second kappa shape index (κ2) is 12.7. The number of nitrogens with zero attached hydrogens (tertiary/aromatic N) is 1. The van der Waals surface area contributed by atoms with E-state index >= 15 is 0 Å². The normalized spacial score (nSPS) is 11.9. The van der Waals surface area contributed by atoms with Gasteiger partial charge in [-0.05, 0) is 104 Å². The van der Waals surface area contributed by atoms with Crippen LogP contribution in [0.25, 0.3) is 96.7 Å². The summed E-state index contributed by atoms with van der Waals surface area (Å²) in [5.41, 5.74) is 9.75. The molecule has 0 saturated carbocycles. The van der Waals surface area contributed by atoms with Crippen LogP contribution in [0.3, 0.4) is 0 Å². The molecule has 3 heteroatoms. The number of thiophene rings is 1. The number of benzene rings is 10. The Morgan fingerprint density at radius 1 is 0.368 bits per heavy atom. The van der Waals surface area contributed by atoms with Gasteiger partial charge in [0.15, 0.2) is 0 Å². The molecule has 0 fully saturated rings. The lowest BCUT2D eigenvalue weighted by Gasteiger charge is -2.28. The largest absolute Gasteiger partial charge is 0.455 e. The van der Waals surface area contributed by atoms with Gasteiger partial charge in [-0.2, -0.15) is 0 Å². The van der Waals surface area contributed by atoms with E-state index < -0.39 is 0 Å². The van der Waals surface area contributed by atoms with Crippen molar-refractivity contribution in [1.82, 2.24) is 0 Å². The molecular weight excluding hydrogens is 711 g/mol. The predicted molar refractivity (Wildman–Crippen MR) is 245 cm³/mol. The zero-order chi connectivity index (χ0) is 37.5. The van der Waals surface area contributed by atoms with Crippen LogP contribution in [0.4, 0.5) is 17.1 Å². The first-order chi connectivity index (χ1) is 28.2. The van der Waals surface area contributed by atoms with Gasteiger partial charge in [0.05, 0.1) is 16.8 Å². The molecule has 12 rings (SSSR count). The van der Waals surface area contributed by atoms with Crippen LogP contribution in [0.15, 0.2) is 205 Å². The first-order valence-corrected chi connectivity index (χ1v) is 20.2. The van der Waals surface area contributed by atoms with E-state index in [1.165, 1.54) is 63.8 Å². The van der Waals surface area contributed by atoms with Crippen LogP contribution in [0.5, 0.6) is 0 Å². The Kier molecular flexibility index (Phi) is 7.13. The fourth-order valence-electron chi connectivity index (χ4n) is 8.93. The summed E-state index contributed by atoms with van der Waals surface area (Å²) >= 11 is 1.85. The molecule has 0 N–H and O–H groups in total. The van der Waals surface area contributed by atoms with E-state index in [9.17, 15) is 0 Å². The van der Waals surface area contributed by atoms with E-state index in [0.29, 0.717) is 0 Å². The van der Waals surface area contributed by atoms with Crippen LogP contribution < -0.4 is 4.90 Å². The van der Waals surface area contributed by atoms with Gasteiger partial charge in [-0.15, -0.1) is 11.3 Å². The van der Waals surface area contributed by atoms with Crippen LogP contribution in [0.2, 0.25) is 0 Å². The third-order valence-electron chi connectivity index (χ3n) is 11.6. The van der Waals surface area contributed by atoms with Crippen molar-refractivity contribution in [3.8, 4) is 22.3 Å². The fourth-order valence-corrected chi connectivity index (χ4v) is 10.0. The summed E-state index contributed by atoms with van der Waals surface area (Å²) in [4.78, 5) is 2.42. The third-order valence-corrected chi connectivity index (χ3v) is 12.8. The van der Waals surface area contributed by atoms with Crippen LogP contribution in [-0.4, -0.2) is 0 Å². The average molecular weight is 744 g/mol. The summed E-state index contributed by atoms with van der Waals surface area (Å²) in [6, 6.07) is 72.8. The van der Waals surface area contributed by atoms with E-state index in [0.717, 1.165) is 50.0 Å². The third kappa shape index (κ3) is 5.10. The topological polar surface area (TPSA) is 16.4 Å². The van der Waals surface area contributed by atoms with Crippen molar-refractivity contribution < 1.29 is 4.42 Å². The van der Waals surface area contributed by atoms with Crippen LogP contribution in [0.1, 0.15) is 0 Å². The molecule has 2 heterocycles. The Morgan fingerprint density at radius 2 is 1.00 bits per heavy atom. The molecule has 57 heavy (non-hydrogen) atoms. The van der Waals surface area contributed by atoms with E-state index in [4.69, 9.17) is 4.42 Å². The first-order valence-electron chi connectivity index (χ1n) is 19.4. The molecule has 0 amide bonds. The lowest BCUT2D eigenvalue weighted by molar-refractivity contribution is 0.672. The zero-order valence-electron chi connectivity index (χ0n) is 30.8. The van der Waals surface area contributed by atoms with Crippen molar-refractivity contribution in [2.45, 2.75) is 0 Å². The maximum atomic E-state index is 6.74. The molecule has 0 atom stereocenters. The number of fused-ring (bicyclic) bond motifs is 11. The molecule has 0 aliphatic rings. The van der Waals surface area contributed by atoms with Gasteiger partial charge in [0.25, 0.3) is 0 Å². The molecule has 0 spiro atoms. The predicted octanol–water partition coefficient (Wildman–Crippen LogP) is 16.2. The molecule has 0 aliphatic carbocycles. The van der Waals surface area contributed by atoms with Gasteiger partial charge in [-0.25, -0.2) is 0 Å². The zero-order valence-corrected chi connectivity index (χ0v) is 31.6. The molecule has 10 aromatic carbocycles. The van der Waals surface area contributed by atoms with Crippen LogP contribution >= 0.6 is 11.3 Å². The Bertz CT molecular complexity index is 3540. The standard InChI is InChI=1S/C54H33NOS/c1-3-12-41-35(10-1)20-21-38-32-37(25-29-42(38)41)34-22-27-40(28-23-34)55(49-17-9-18-50-53(49)46-30-24-36-11-2-4-14-44(36)54(46)56-50)48-16-7-5-13-43(48)39-26-31-52-47(33-39)45-15-6-8-19-51(45)57-52/h1-33H. The van der Waals surface area contributed by atoms with Gasteiger partial charge in [0.2, 0.25) is 0 Å². The Labute approximate surface area is 333 Å². The smallest absolute Gasteiger partial charge is 0.143 e. The molecule has 0 saturated heterocycles. The molecule has 0 radical (unpaired) electrons. The number of hydrogen-bond acceptors (Lipinski definition) is 3. The highest BCUT2D eigenvalue weighted by molar-refractivity contribution is 7.25. The minimum Gasteiger partial charge on any atom is -0.455 e. The number of furan rings is 1. The Balaban J connectivity index is 1.06. The number of rotatable bonds is 5. The monoisotopic (exact) mass is 743 g/mol. The lowest BCUT2D eigenvalue weighted by atomic mass is 9.97. The van der Waals surface area contributed by atoms with Crippen molar-refractivity contribution >= 4 is 103 Å². The molecule has 0 unspecified atom stereocenters. The highest BCUT2D eigenvalue weighted by atomic mass is 32.1. The van der Waals surface area contributed by atoms with Gasteiger partial charge in [-0.1, -0.05) is 140 Å². The lowest BCUT2D eigenvalue weighted by Crippen LogP contribution is -2.11. The molecular formula is C54H33NOS. The Hall–Kier alpha value is -7.20. The van der Waals surface area contributed by atoms with Crippen molar-refractivity contribution in [2.24, 2.45) is 0 Å². The van der Waals surface area contributed by atoms with E-state index in [1.54, 1.807) is 0 Å². The SMILES string of the molecule is c1ccc(N(c2ccc(-c3ccc4c(ccc5ccccc54)c3)cc2)c2cccc3oc4c5ccccc5ccc4c23)c(-c2ccc3sc4ccccc4c3c2)c1. The molecule has 0 aliphatic heterocycles. The van der Waals surface area contributed by atoms with E-state index in [-0.39, 0.29) is 0 Å². The summed E-state index contributed by atoms with van der Waals surface area (Å²) in [5, 5.41) is 12.1. The summed E-state index contributed by atoms with van der Waals surface area (Å²) < 4.78 is 9.35. The first kappa shape index (κ1) is 32.1. The van der Waals surface area contributed by atoms with Crippen molar-refractivity contribution in [3.05, 3.63) is 200 Å². The van der Waals surface area contributed by atoms with Crippen molar-refractivity contribution in [3.63, 3.8) is 0 Å². The summed E-state index contributed by atoms with van der Waals surface area (Å²) in [6.45, 7) is 0. The van der Waals surface area contributed by atoms with Crippen molar-refractivity contribution in [2.75, 3.05) is 4.90 Å². The molecule has 0 bridgehead atoms. The van der Waals surface area contributed by atoms with Crippen LogP contribution in [-0.2, 0) is 0 Å². The highest BCUT2D eigenvalue weighted by Gasteiger charge is 2.23. The number of hydrogen-bond donors (Lipinski definition) is 0. The van der Waals surface area contributed by atoms with Crippen LogP contribution in [0, 0.1) is 0 Å². The van der Waals surface area contributed by atoms with E-state index in [2.05, 4.69) is 205 Å². The molecule has 2 aromatic heterocycles.